The summed E-state index contributed by atoms with van der Waals surface area (Å²) in [7, 11) is 0. The van der Waals surface area contributed by atoms with E-state index in [9.17, 15) is 39.9 Å². The summed E-state index contributed by atoms with van der Waals surface area (Å²) in [6.07, 6.45) is -17.4. The molecule has 3 nitrogen and oxygen atoms in total. The maximum Gasteiger partial charge on any atom is 0.513 e. The lowest BCUT2D eigenvalue weighted by Gasteiger charge is -2.27. The van der Waals surface area contributed by atoms with Crippen LogP contribution < -0.4 is 0 Å². The van der Waals surface area contributed by atoms with Gasteiger partial charge in [-0.15, -0.1) is 0 Å². The summed E-state index contributed by atoms with van der Waals surface area (Å²) in [6, 6.07) is 0. The number of hydrogen-bond acceptors (Lipinski definition) is 3. The zero-order valence-electron chi connectivity index (χ0n) is 7.66. The van der Waals surface area contributed by atoms with Gasteiger partial charge >= 0.3 is 24.4 Å². The molecule has 0 saturated heterocycles. The first-order valence-electron chi connectivity index (χ1n) is 3.65. The molecule has 17 heavy (non-hydrogen) atoms. The molecular weight excluding hydrogens is 272 g/mol. The Morgan fingerprint density at radius 1 is 1.00 bits per heavy atom. The van der Waals surface area contributed by atoms with Crippen molar-refractivity contribution in [3.05, 3.63) is 0 Å². The van der Waals surface area contributed by atoms with E-state index in [1.54, 1.807) is 0 Å². The molecule has 0 spiro atoms. The van der Waals surface area contributed by atoms with Crippen LogP contribution in [-0.4, -0.2) is 31.2 Å². The Labute approximate surface area is 88.3 Å². The number of alkyl halides is 8. The largest absolute Gasteiger partial charge is 0.513 e. The van der Waals surface area contributed by atoms with Gasteiger partial charge in [0.15, 0.2) is 0 Å². The van der Waals surface area contributed by atoms with Crippen molar-refractivity contribution >= 4 is 6.16 Å². The van der Waals surface area contributed by atoms with Crippen molar-refractivity contribution in [2.24, 2.45) is 0 Å². The molecule has 0 aromatic rings. The Balaban J connectivity index is 4.94. The summed E-state index contributed by atoms with van der Waals surface area (Å²) in [5.41, 5.74) is 0. The maximum atomic E-state index is 12.9. The zero-order valence-corrected chi connectivity index (χ0v) is 7.66. The van der Waals surface area contributed by atoms with E-state index in [-0.39, 0.29) is 0 Å². The average molecular weight is 276 g/mol. The molecule has 0 rings (SSSR count). The van der Waals surface area contributed by atoms with Crippen molar-refractivity contribution in [1.82, 2.24) is 0 Å². The second-order valence-corrected chi connectivity index (χ2v) is 2.62. The lowest BCUT2D eigenvalue weighted by Crippen LogP contribution is -2.48. The predicted molar refractivity (Wildman–Crippen MR) is 34.1 cm³/mol. The van der Waals surface area contributed by atoms with Crippen molar-refractivity contribution in [3.63, 3.8) is 0 Å². The van der Waals surface area contributed by atoms with Gasteiger partial charge in [-0.05, 0) is 0 Å². The molecule has 0 aliphatic carbocycles. The Morgan fingerprint density at radius 3 is 1.76 bits per heavy atom. The van der Waals surface area contributed by atoms with Gasteiger partial charge in [0.1, 0.15) is 6.42 Å². The first-order valence-corrected chi connectivity index (χ1v) is 3.65. The van der Waals surface area contributed by atoms with E-state index < -0.39 is 37.6 Å². The van der Waals surface area contributed by atoms with Crippen LogP contribution in [0.15, 0.2) is 0 Å². The lowest BCUT2D eigenvalue weighted by molar-refractivity contribution is -0.344. The third kappa shape index (κ3) is 5.04. The number of halogens is 8. The molecule has 0 radical (unpaired) electrons. The molecule has 0 aliphatic rings. The molecule has 1 unspecified atom stereocenters. The van der Waals surface area contributed by atoms with Gasteiger partial charge < -0.3 is 9.47 Å². The number of carbonyl (C=O) groups excluding carboxylic acids is 1. The van der Waals surface area contributed by atoms with Crippen LogP contribution in [0.2, 0.25) is 0 Å². The van der Waals surface area contributed by atoms with Crippen LogP contribution in [0.4, 0.5) is 39.9 Å². The minimum absolute atomic E-state index is 1.97. The molecule has 0 saturated carbocycles. The van der Waals surface area contributed by atoms with Crippen LogP contribution in [-0.2, 0) is 9.47 Å². The first-order chi connectivity index (χ1) is 7.41. The van der Waals surface area contributed by atoms with E-state index in [1.807, 2.05) is 0 Å². The highest BCUT2D eigenvalue weighted by atomic mass is 19.4. The zero-order chi connectivity index (χ0) is 13.9. The molecule has 11 heteroatoms. The normalized spacial score (nSPS) is 16.2. The predicted octanol–water partition coefficient (Wildman–Crippen LogP) is 3.25. The highest BCUT2D eigenvalue weighted by Crippen LogP contribution is 2.43. The van der Waals surface area contributed by atoms with Gasteiger partial charge in [-0.25, -0.2) is 9.18 Å². The summed E-state index contributed by atoms with van der Waals surface area (Å²) in [4.78, 5) is 10.2. The Kier molecular flexibility index (Phi) is 4.55. The van der Waals surface area contributed by atoms with E-state index in [2.05, 4.69) is 9.47 Å². The molecule has 0 bridgehead atoms. The lowest BCUT2D eigenvalue weighted by atomic mass is 10.2. The molecule has 102 valence electrons. The van der Waals surface area contributed by atoms with Crippen molar-refractivity contribution in [1.29, 1.82) is 0 Å². The number of carbonyl (C=O) groups is 1. The fraction of sp³-hybridized carbons (Fsp3) is 0.833. The molecule has 0 aromatic carbocycles. The molecule has 1 atom stereocenters. The van der Waals surface area contributed by atoms with E-state index in [0.29, 0.717) is 0 Å². The van der Waals surface area contributed by atoms with E-state index in [1.165, 1.54) is 0 Å². The maximum absolute atomic E-state index is 12.9. The first kappa shape index (κ1) is 15.7. The quantitative estimate of drug-likeness (QED) is 0.586. The number of hydrogen-bond donors (Lipinski definition) is 0. The molecular formula is C6H4F8O3. The van der Waals surface area contributed by atoms with Crippen molar-refractivity contribution in [2.45, 2.75) is 24.6 Å². The topological polar surface area (TPSA) is 35.5 Å². The summed E-state index contributed by atoms with van der Waals surface area (Å²) < 4.78 is 101. The van der Waals surface area contributed by atoms with Crippen molar-refractivity contribution < 1.29 is 49.4 Å². The smallest absolute Gasteiger partial charge is 0.402 e. The second-order valence-electron chi connectivity index (χ2n) is 2.62. The van der Waals surface area contributed by atoms with Crippen LogP contribution in [0.25, 0.3) is 0 Å². The van der Waals surface area contributed by atoms with E-state index in [0.717, 1.165) is 0 Å². The van der Waals surface area contributed by atoms with Gasteiger partial charge in [0.05, 0.1) is 0 Å². The molecule has 0 amide bonds. The number of rotatable bonds is 3. The standard InChI is InChI=1S/C6H4F8O3/c7-2-16-3(15)17-4(8,6(12,13)14)1-5(9,10)11/h1-2H2. The molecule has 0 heterocycles. The fourth-order valence-electron chi connectivity index (χ4n) is 0.658. The van der Waals surface area contributed by atoms with Gasteiger partial charge in [-0.3, -0.25) is 0 Å². The van der Waals surface area contributed by atoms with Crippen LogP contribution >= 0.6 is 0 Å². The minimum atomic E-state index is -6.14. The molecule has 0 N–H and O–H groups in total. The van der Waals surface area contributed by atoms with E-state index in [4.69, 9.17) is 0 Å². The summed E-state index contributed by atoms with van der Waals surface area (Å²) in [6.45, 7) is -1.97. The highest BCUT2D eigenvalue weighted by molar-refractivity contribution is 5.60. The van der Waals surface area contributed by atoms with Gasteiger partial charge in [0, 0.05) is 0 Å². The van der Waals surface area contributed by atoms with Gasteiger partial charge in [0.25, 0.3) is 0 Å². The Bertz CT molecular complexity index is 271. The Morgan fingerprint density at radius 2 is 1.47 bits per heavy atom. The minimum Gasteiger partial charge on any atom is -0.402 e. The SMILES string of the molecule is O=C(OCF)OC(F)(CC(F)(F)F)C(F)(F)F. The monoisotopic (exact) mass is 276 g/mol. The summed E-state index contributed by atoms with van der Waals surface area (Å²) >= 11 is 0. The number of ether oxygens (including phenoxy) is 2. The summed E-state index contributed by atoms with van der Waals surface area (Å²) in [5, 5.41) is 0. The van der Waals surface area contributed by atoms with E-state index >= 15 is 0 Å². The highest BCUT2D eigenvalue weighted by Gasteiger charge is 2.64. The van der Waals surface area contributed by atoms with Crippen LogP contribution in [0, 0.1) is 0 Å². The third-order valence-electron chi connectivity index (χ3n) is 1.27. The fourth-order valence-corrected chi connectivity index (χ4v) is 0.658. The Hall–Kier alpha value is -1.29. The summed E-state index contributed by atoms with van der Waals surface area (Å²) in [5.74, 6) is -5.32. The average Bonchev–Trinajstić information content (AvgIpc) is 1.97. The van der Waals surface area contributed by atoms with Crippen molar-refractivity contribution in [2.75, 3.05) is 6.86 Å². The van der Waals surface area contributed by atoms with Crippen LogP contribution in [0.1, 0.15) is 6.42 Å². The van der Waals surface area contributed by atoms with Gasteiger partial charge in [0.2, 0.25) is 6.86 Å². The van der Waals surface area contributed by atoms with Gasteiger partial charge in [-0.2, -0.15) is 30.7 Å². The molecule has 0 aliphatic heterocycles. The van der Waals surface area contributed by atoms with Crippen LogP contribution in [0.5, 0.6) is 0 Å². The second kappa shape index (κ2) is 4.92. The molecule has 0 aromatic heterocycles. The van der Waals surface area contributed by atoms with Gasteiger partial charge in [-0.1, -0.05) is 0 Å². The van der Waals surface area contributed by atoms with Crippen LogP contribution in [0.3, 0.4) is 0 Å². The molecule has 0 fully saturated rings. The third-order valence-corrected chi connectivity index (χ3v) is 1.27. The van der Waals surface area contributed by atoms with Crippen molar-refractivity contribution in [3.8, 4) is 0 Å².